The van der Waals surface area contributed by atoms with Gasteiger partial charge >= 0.3 is 0 Å². The summed E-state index contributed by atoms with van der Waals surface area (Å²) in [6.45, 7) is 3.18. The van der Waals surface area contributed by atoms with Crippen LogP contribution in [0, 0.1) is 0 Å². The van der Waals surface area contributed by atoms with Gasteiger partial charge in [0, 0.05) is 25.1 Å². The Morgan fingerprint density at radius 3 is 3.12 bits per heavy atom. The number of rotatable bonds is 6. The highest BCUT2D eigenvalue weighted by molar-refractivity contribution is 7.99. The number of nitrogens with zero attached hydrogens (tertiary/aromatic N) is 3. The maximum absolute atomic E-state index is 5.63. The van der Waals surface area contributed by atoms with Crippen molar-refractivity contribution < 1.29 is 4.74 Å². The maximum atomic E-state index is 5.63. The summed E-state index contributed by atoms with van der Waals surface area (Å²) in [5, 5.41) is 9.10. The minimum atomic E-state index is 0.0704. The van der Waals surface area contributed by atoms with Crippen LogP contribution in [0.2, 0.25) is 0 Å². The van der Waals surface area contributed by atoms with Crippen LogP contribution in [0.1, 0.15) is 6.92 Å². The summed E-state index contributed by atoms with van der Waals surface area (Å²) in [5.74, 6) is 0.792. The van der Waals surface area contributed by atoms with Crippen LogP contribution in [0.15, 0.2) is 29.6 Å². The van der Waals surface area contributed by atoms with Crippen LogP contribution < -0.4 is 5.73 Å². The van der Waals surface area contributed by atoms with Crippen molar-refractivity contribution in [3.05, 3.63) is 24.4 Å². The second kappa shape index (κ2) is 6.00. The van der Waals surface area contributed by atoms with E-state index in [2.05, 4.69) is 10.2 Å². The molecule has 1 atom stereocenters. The Hall–Kier alpha value is -1.11. The Balaban J connectivity index is 2.03. The lowest BCUT2D eigenvalue weighted by molar-refractivity contribution is 0.0858. The van der Waals surface area contributed by atoms with Gasteiger partial charge in [-0.1, -0.05) is 17.8 Å². The van der Waals surface area contributed by atoms with Crippen molar-refractivity contribution in [1.29, 1.82) is 0 Å². The Morgan fingerprint density at radius 1 is 1.47 bits per heavy atom. The minimum Gasteiger partial charge on any atom is -0.376 e. The van der Waals surface area contributed by atoms with Crippen molar-refractivity contribution in [1.82, 2.24) is 14.6 Å². The number of hydrogen-bond donors (Lipinski definition) is 1. The van der Waals surface area contributed by atoms with Gasteiger partial charge < -0.3 is 10.5 Å². The maximum Gasteiger partial charge on any atom is 0.195 e. The number of hydrogen-bond acceptors (Lipinski definition) is 5. The predicted molar refractivity (Wildman–Crippen MR) is 68.2 cm³/mol. The minimum absolute atomic E-state index is 0.0704. The third kappa shape index (κ3) is 2.96. The number of aromatic nitrogens is 3. The first-order chi connectivity index (χ1) is 8.35. The van der Waals surface area contributed by atoms with Crippen LogP contribution in [0.4, 0.5) is 0 Å². The number of nitrogens with two attached hydrogens (primary N) is 1. The van der Waals surface area contributed by atoms with Crippen LogP contribution in [-0.2, 0) is 4.74 Å². The quantitative estimate of drug-likeness (QED) is 0.782. The van der Waals surface area contributed by atoms with Gasteiger partial charge in [-0.15, -0.1) is 10.2 Å². The number of pyridine rings is 1. The molecule has 0 saturated heterocycles. The third-order valence-electron chi connectivity index (χ3n) is 2.35. The second-order valence-corrected chi connectivity index (χ2v) is 4.52. The number of fused-ring (bicyclic) bond motifs is 1. The highest BCUT2D eigenvalue weighted by Crippen LogP contribution is 2.18. The first-order valence-corrected chi connectivity index (χ1v) is 6.58. The molecule has 2 aromatic rings. The fourth-order valence-corrected chi connectivity index (χ4v) is 2.46. The highest BCUT2D eigenvalue weighted by atomic mass is 32.2. The van der Waals surface area contributed by atoms with Crippen molar-refractivity contribution in [2.45, 2.75) is 18.2 Å². The Labute approximate surface area is 104 Å². The second-order valence-electron chi connectivity index (χ2n) is 3.54. The van der Waals surface area contributed by atoms with E-state index in [0.717, 1.165) is 16.6 Å². The Bertz CT molecular complexity index is 473. The van der Waals surface area contributed by atoms with E-state index in [4.69, 9.17) is 10.5 Å². The lowest BCUT2D eigenvalue weighted by Crippen LogP contribution is -2.26. The molecule has 0 saturated carbocycles. The van der Waals surface area contributed by atoms with Gasteiger partial charge in [0.2, 0.25) is 0 Å². The van der Waals surface area contributed by atoms with Gasteiger partial charge in [-0.25, -0.2) is 0 Å². The summed E-state index contributed by atoms with van der Waals surface area (Å²) in [6, 6.07) is 5.84. The summed E-state index contributed by atoms with van der Waals surface area (Å²) in [7, 11) is 0. The van der Waals surface area contributed by atoms with Gasteiger partial charge in [0.05, 0.1) is 6.10 Å². The molecule has 1 unspecified atom stereocenters. The molecule has 2 aromatic heterocycles. The SMILES string of the molecule is CCOC(CN)CSc1nnc2ccccn12. The molecule has 17 heavy (non-hydrogen) atoms. The molecule has 92 valence electrons. The predicted octanol–water partition coefficient (Wildman–Crippen LogP) is 1.19. The van der Waals surface area contributed by atoms with Gasteiger partial charge in [-0.2, -0.15) is 0 Å². The van der Waals surface area contributed by atoms with E-state index in [1.807, 2.05) is 35.7 Å². The average Bonchev–Trinajstić information content (AvgIpc) is 2.78. The Morgan fingerprint density at radius 2 is 2.35 bits per heavy atom. The van der Waals surface area contributed by atoms with Gasteiger partial charge in [0.1, 0.15) is 0 Å². The van der Waals surface area contributed by atoms with Crippen molar-refractivity contribution in [3.63, 3.8) is 0 Å². The molecule has 0 radical (unpaired) electrons. The lowest BCUT2D eigenvalue weighted by Gasteiger charge is -2.13. The van der Waals surface area contributed by atoms with Crippen LogP contribution in [0.3, 0.4) is 0 Å². The molecular weight excluding hydrogens is 236 g/mol. The molecule has 0 bridgehead atoms. The zero-order valence-electron chi connectivity index (χ0n) is 9.74. The molecule has 0 aromatic carbocycles. The monoisotopic (exact) mass is 252 g/mol. The van der Waals surface area contributed by atoms with Crippen LogP contribution in [-0.4, -0.2) is 39.6 Å². The summed E-state index contributed by atoms with van der Waals surface area (Å²) in [6.07, 6.45) is 2.02. The van der Waals surface area contributed by atoms with E-state index < -0.39 is 0 Å². The fraction of sp³-hybridized carbons (Fsp3) is 0.455. The molecule has 0 aliphatic heterocycles. The van der Waals surface area contributed by atoms with E-state index in [-0.39, 0.29) is 6.10 Å². The van der Waals surface area contributed by atoms with E-state index in [9.17, 15) is 0 Å². The topological polar surface area (TPSA) is 65.4 Å². The van der Waals surface area contributed by atoms with Crippen molar-refractivity contribution >= 4 is 17.4 Å². The summed E-state index contributed by atoms with van der Waals surface area (Å²) in [5.41, 5.74) is 6.49. The molecule has 2 rings (SSSR count). The van der Waals surface area contributed by atoms with Gasteiger partial charge in [-0.3, -0.25) is 4.40 Å². The van der Waals surface area contributed by atoms with E-state index in [1.165, 1.54) is 0 Å². The van der Waals surface area contributed by atoms with E-state index in [1.54, 1.807) is 11.8 Å². The van der Waals surface area contributed by atoms with E-state index >= 15 is 0 Å². The average molecular weight is 252 g/mol. The molecular formula is C11H16N4OS. The summed E-state index contributed by atoms with van der Waals surface area (Å²) < 4.78 is 7.46. The van der Waals surface area contributed by atoms with Crippen molar-refractivity contribution in [2.75, 3.05) is 18.9 Å². The first kappa shape index (κ1) is 12.3. The lowest BCUT2D eigenvalue weighted by atomic mass is 10.4. The zero-order valence-corrected chi connectivity index (χ0v) is 10.6. The molecule has 0 fully saturated rings. The molecule has 2 N–H and O–H groups in total. The smallest absolute Gasteiger partial charge is 0.195 e. The fourth-order valence-electron chi connectivity index (χ4n) is 1.51. The first-order valence-electron chi connectivity index (χ1n) is 5.59. The van der Waals surface area contributed by atoms with Gasteiger partial charge in [0.15, 0.2) is 10.8 Å². The number of ether oxygens (including phenoxy) is 1. The van der Waals surface area contributed by atoms with Gasteiger partial charge in [-0.05, 0) is 19.1 Å². The van der Waals surface area contributed by atoms with Crippen LogP contribution in [0.5, 0.6) is 0 Å². The Kier molecular flexibility index (Phi) is 4.36. The van der Waals surface area contributed by atoms with Crippen LogP contribution >= 0.6 is 11.8 Å². The molecule has 6 heteroatoms. The highest BCUT2D eigenvalue weighted by Gasteiger charge is 2.10. The van der Waals surface area contributed by atoms with Crippen LogP contribution in [0.25, 0.3) is 5.65 Å². The summed E-state index contributed by atoms with van der Waals surface area (Å²) in [4.78, 5) is 0. The molecule has 5 nitrogen and oxygen atoms in total. The summed E-state index contributed by atoms with van der Waals surface area (Å²) >= 11 is 1.61. The van der Waals surface area contributed by atoms with Gasteiger partial charge in [0.25, 0.3) is 0 Å². The van der Waals surface area contributed by atoms with Crippen molar-refractivity contribution in [3.8, 4) is 0 Å². The van der Waals surface area contributed by atoms with Crippen molar-refractivity contribution in [2.24, 2.45) is 5.73 Å². The number of thioether (sulfide) groups is 1. The normalized spacial score (nSPS) is 13.1. The molecule has 0 spiro atoms. The molecule has 0 aliphatic rings. The molecule has 0 aliphatic carbocycles. The zero-order chi connectivity index (χ0) is 12.1. The largest absolute Gasteiger partial charge is 0.376 e. The van der Waals surface area contributed by atoms with E-state index in [0.29, 0.717) is 13.2 Å². The molecule has 0 amide bonds. The standard InChI is InChI=1S/C11H16N4OS/c1-2-16-9(7-12)8-17-11-14-13-10-5-3-4-6-15(10)11/h3-6,9H,2,7-8,12H2,1H3. The molecule has 2 heterocycles. The third-order valence-corrected chi connectivity index (χ3v) is 3.42.